The lowest BCUT2D eigenvalue weighted by Gasteiger charge is -2.38. The van der Waals surface area contributed by atoms with Gasteiger partial charge in [0.25, 0.3) is 0 Å². The van der Waals surface area contributed by atoms with E-state index in [0.29, 0.717) is 0 Å². The van der Waals surface area contributed by atoms with Crippen LogP contribution >= 0.6 is 0 Å². The Morgan fingerprint density at radius 1 is 1.15 bits per heavy atom. The molecule has 2 aromatic rings. The van der Waals surface area contributed by atoms with Crippen molar-refractivity contribution >= 4 is 16.7 Å². The fourth-order valence-corrected chi connectivity index (χ4v) is 3.63. The summed E-state index contributed by atoms with van der Waals surface area (Å²) in [4.78, 5) is 11.7. The van der Waals surface area contributed by atoms with Crippen molar-refractivity contribution in [2.75, 3.05) is 0 Å². The molecule has 1 aliphatic heterocycles. The summed E-state index contributed by atoms with van der Waals surface area (Å²) in [6, 6.07) is 8.77. The number of amides is 1. The molecule has 1 fully saturated rings. The summed E-state index contributed by atoms with van der Waals surface area (Å²) in [6.07, 6.45) is -2.52. The number of alkyl halides is 3. The molecular formula is C20H23F3N2O. The number of nitrogens with zero attached hydrogens (tertiary/aromatic N) is 1. The minimum Gasteiger partial charge on any atom is -0.287 e. The van der Waals surface area contributed by atoms with Gasteiger partial charge in [0.2, 0.25) is 5.91 Å². The summed E-state index contributed by atoms with van der Waals surface area (Å²) in [5.74, 6) is -0.394. The van der Waals surface area contributed by atoms with E-state index in [-0.39, 0.29) is 12.0 Å². The molecule has 2 aromatic carbocycles. The molecule has 140 valence electrons. The zero-order valence-corrected chi connectivity index (χ0v) is 15.2. The van der Waals surface area contributed by atoms with E-state index in [9.17, 15) is 18.0 Å². The van der Waals surface area contributed by atoms with Crippen molar-refractivity contribution in [3.05, 3.63) is 47.5 Å². The molecule has 0 aromatic heterocycles. The van der Waals surface area contributed by atoms with Crippen LogP contribution in [-0.4, -0.2) is 22.6 Å². The zero-order valence-electron chi connectivity index (χ0n) is 15.2. The van der Waals surface area contributed by atoms with E-state index in [1.54, 1.807) is 26.0 Å². The van der Waals surface area contributed by atoms with Crippen LogP contribution in [0.2, 0.25) is 0 Å². The first kappa shape index (κ1) is 18.7. The van der Waals surface area contributed by atoms with Gasteiger partial charge in [0.05, 0.1) is 0 Å². The molecule has 3 rings (SSSR count). The van der Waals surface area contributed by atoms with Gasteiger partial charge in [0, 0.05) is 12.0 Å². The van der Waals surface area contributed by atoms with Crippen molar-refractivity contribution in [3.8, 4) is 0 Å². The Bertz CT molecular complexity index is 829. The predicted octanol–water partition coefficient (Wildman–Crippen LogP) is 4.91. The summed E-state index contributed by atoms with van der Waals surface area (Å²) in [5, 5.41) is 2.73. The molecule has 1 saturated heterocycles. The van der Waals surface area contributed by atoms with Gasteiger partial charge in [0.1, 0.15) is 0 Å². The molecule has 0 radical (unpaired) electrons. The molecule has 1 aliphatic rings. The minimum atomic E-state index is -4.51. The Labute approximate surface area is 151 Å². The lowest BCUT2D eigenvalue weighted by Crippen LogP contribution is -2.51. The van der Waals surface area contributed by atoms with Crippen LogP contribution in [-0.2, 0) is 11.2 Å². The van der Waals surface area contributed by atoms with Gasteiger partial charge >= 0.3 is 6.18 Å². The first-order valence-electron chi connectivity index (χ1n) is 8.80. The van der Waals surface area contributed by atoms with Gasteiger partial charge in [-0.05, 0) is 48.2 Å². The van der Waals surface area contributed by atoms with Crippen molar-refractivity contribution in [3.63, 3.8) is 0 Å². The van der Waals surface area contributed by atoms with Gasteiger partial charge < -0.3 is 0 Å². The molecule has 1 N–H and O–H groups in total. The normalized spacial score (nSPS) is 18.9. The first-order valence-corrected chi connectivity index (χ1v) is 8.80. The fraction of sp³-hybridized carbons (Fsp3) is 0.450. The Hall–Kier alpha value is -2.08. The van der Waals surface area contributed by atoms with E-state index in [2.05, 4.69) is 12.3 Å². The molecule has 1 amide bonds. The largest absolute Gasteiger partial charge is 0.409 e. The summed E-state index contributed by atoms with van der Waals surface area (Å²) in [5.41, 5.74) is 2.78. The van der Waals surface area contributed by atoms with Gasteiger partial charge in [-0.15, -0.1) is 0 Å². The van der Waals surface area contributed by atoms with Crippen LogP contribution in [0.3, 0.4) is 0 Å². The highest BCUT2D eigenvalue weighted by Crippen LogP contribution is 2.43. The second kappa shape index (κ2) is 6.58. The minimum absolute atomic E-state index is 0.0353. The molecule has 3 nitrogen and oxygen atoms in total. The van der Waals surface area contributed by atoms with E-state index in [1.807, 2.05) is 18.2 Å². The summed E-state index contributed by atoms with van der Waals surface area (Å²) >= 11 is 0. The Kier molecular flexibility index (Phi) is 4.73. The third-order valence-corrected chi connectivity index (χ3v) is 4.84. The van der Waals surface area contributed by atoms with Crippen LogP contribution in [0.4, 0.5) is 13.2 Å². The lowest BCUT2D eigenvalue weighted by molar-refractivity contribution is -0.203. The number of carbonyl (C=O) groups is 1. The highest BCUT2D eigenvalue weighted by molar-refractivity contribution is 5.84. The van der Waals surface area contributed by atoms with Crippen LogP contribution in [0.25, 0.3) is 10.8 Å². The Morgan fingerprint density at radius 3 is 2.38 bits per heavy atom. The van der Waals surface area contributed by atoms with Crippen LogP contribution in [0.15, 0.2) is 36.4 Å². The highest BCUT2D eigenvalue weighted by atomic mass is 19.4. The summed E-state index contributed by atoms with van der Waals surface area (Å²) in [6.45, 7) is 5.37. The van der Waals surface area contributed by atoms with Crippen LogP contribution < -0.4 is 5.43 Å². The maximum atomic E-state index is 13.9. The van der Waals surface area contributed by atoms with Crippen LogP contribution in [0.1, 0.15) is 50.8 Å². The van der Waals surface area contributed by atoms with Crippen molar-refractivity contribution in [1.29, 1.82) is 0 Å². The molecule has 26 heavy (non-hydrogen) atoms. The standard InChI is InChI=1S/C20H23F3N2O/c1-4-5-13-6-7-15-11-16(9-8-14(15)10-13)18(20(21,22)23)25-19(2,3)12-17(26)24-25/h6-11,18H,4-5,12H2,1-3H3,(H,24,26). The number of hydrazine groups is 1. The number of nitrogens with one attached hydrogen (secondary N) is 1. The molecular weight excluding hydrogens is 341 g/mol. The Balaban J connectivity index is 2.04. The quantitative estimate of drug-likeness (QED) is 0.836. The van der Waals surface area contributed by atoms with Gasteiger partial charge in [0.15, 0.2) is 6.04 Å². The second-order valence-corrected chi connectivity index (χ2v) is 7.53. The van der Waals surface area contributed by atoms with E-state index in [1.165, 1.54) is 11.6 Å². The average Bonchev–Trinajstić information content (AvgIpc) is 2.79. The molecule has 6 heteroatoms. The molecule has 1 atom stereocenters. The summed E-state index contributed by atoms with van der Waals surface area (Å²) < 4.78 is 41.7. The van der Waals surface area contributed by atoms with Crippen molar-refractivity contribution in [1.82, 2.24) is 10.4 Å². The van der Waals surface area contributed by atoms with Gasteiger partial charge in [-0.3, -0.25) is 10.2 Å². The van der Waals surface area contributed by atoms with E-state index in [0.717, 1.165) is 28.6 Å². The topological polar surface area (TPSA) is 32.3 Å². The number of rotatable bonds is 4. The lowest BCUT2D eigenvalue weighted by atomic mass is 9.95. The third-order valence-electron chi connectivity index (χ3n) is 4.84. The number of benzene rings is 2. The smallest absolute Gasteiger partial charge is 0.287 e. The Morgan fingerprint density at radius 2 is 1.81 bits per heavy atom. The maximum Gasteiger partial charge on any atom is 0.409 e. The van der Waals surface area contributed by atoms with Gasteiger partial charge in [-0.1, -0.05) is 43.7 Å². The SMILES string of the molecule is CCCc1ccc2cc(C(N3NC(=O)CC3(C)C)C(F)(F)F)ccc2c1. The van der Waals surface area contributed by atoms with Gasteiger partial charge in [-0.25, -0.2) is 0 Å². The molecule has 1 heterocycles. The van der Waals surface area contributed by atoms with E-state index >= 15 is 0 Å². The van der Waals surface area contributed by atoms with Crippen LogP contribution in [0.5, 0.6) is 0 Å². The number of hydrogen-bond donors (Lipinski definition) is 1. The van der Waals surface area contributed by atoms with Crippen molar-refractivity contribution in [2.45, 2.75) is 57.8 Å². The monoisotopic (exact) mass is 364 g/mol. The molecule has 0 bridgehead atoms. The summed E-state index contributed by atoms with van der Waals surface area (Å²) in [7, 11) is 0. The number of hydrogen-bond acceptors (Lipinski definition) is 2. The third kappa shape index (κ3) is 3.56. The molecule has 1 unspecified atom stereocenters. The first-order chi connectivity index (χ1) is 12.1. The van der Waals surface area contributed by atoms with Crippen molar-refractivity contribution < 1.29 is 18.0 Å². The van der Waals surface area contributed by atoms with Crippen LogP contribution in [0, 0.1) is 0 Å². The number of aryl methyl sites for hydroxylation is 1. The number of halogens is 3. The number of fused-ring (bicyclic) bond motifs is 1. The average molecular weight is 364 g/mol. The fourth-order valence-electron chi connectivity index (χ4n) is 3.63. The predicted molar refractivity (Wildman–Crippen MR) is 95.4 cm³/mol. The van der Waals surface area contributed by atoms with E-state index in [4.69, 9.17) is 0 Å². The van der Waals surface area contributed by atoms with E-state index < -0.39 is 23.7 Å². The molecule has 0 spiro atoms. The zero-order chi connectivity index (χ0) is 19.1. The highest BCUT2D eigenvalue weighted by Gasteiger charge is 2.52. The van der Waals surface area contributed by atoms with Crippen molar-refractivity contribution in [2.24, 2.45) is 0 Å². The number of carbonyl (C=O) groups excluding carboxylic acids is 1. The second-order valence-electron chi connectivity index (χ2n) is 7.53. The van der Waals surface area contributed by atoms with Gasteiger partial charge in [-0.2, -0.15) is 18.2 Å². The molecule has 0 saturated carbocycles. The maximum absolute atomic E-state index is 13.9. The molecule has 0 aliphatic carbocycles.